The average Bonchev–Trinajstić information content (AvgIpc) is 3.41. The second-order valence-electron chi connectivity index (χ2n) is 12.0. The topological polar surface area (TPSA) is 25.8 Å². The summed E-state index contributed by atoms with van der Waals surface area (Å²) in [5, 5.41) is 2.01. The van der Waals surface area contributed by atoms with Crippen LogP contribution in [0.1, 0.15) is 65.4 Å². The van der Waals surface area contributed by atoms with Crippen LogP contribution in [-0.4, -0.2) is 23.2 Å². The number of pyridine rings is 2. The van der Waals surface area contributed by atoms with Crippen LogP contribution in [-0.2, 0) is 32.9 Å². The molecule has 44 heavy (non-hydrogen) atoms. The first-order chi connectivity index (χ1) is 23.2. The summed E-state index contributed by atoms with van der Waals surface area (Å²) in [6.07, 6.45) is -0.484. The molecule has 0 saturated carbocycles. The molecule has 0 bridgehead atoms. The summed E-state index contributed by atoms with van der Waals surface area (Å²) in [6, 6.07) is 27.2. The van der Waals surface area contributed by atoms with Crippen LogP contribution in [0, 0.1) is 19.1 Å². The van der Waals surface area contributed by atoms with Crippen LogP contribution in [0.2, 0.25) is 17.3 Å². The van der Waals surface area contributed by atoms with Gasteiger partial charge in [0, 0.05) is 40.6 Å². The fourth-order valence-corrected chi connectivity index (χ4v) is 10.2. The van der Waals surface area contributed by atoms with Crippen molar-refractivity contribution in [2.24, 2.45) is 0 Å². The molecule has 0 saturated heterocycles. The Morgan fingerprint density at radius 3 is 2.41 bits per heavy atom. The Bertz CT molecular complexity index is 2150. The summed E-state index contributed by atoms with van der Waals surface area (Å²) in [5.74, 6) is 7.36. The summed E-state index contributed by atoms with van der Waals surface area (Å²) in [7, 11) is 0. The molecule has 229 valence electrons. The van der Waals surface area contributed by atoms with E-state index in [-0.39, 0.29) is 31.6 Å². The second-order valence-corrected chi connectivity index (χ2v) is 23.6. The first kappa shape index (κ1) is 25.6. The van der Waals surface area contributed by atoms with Crippen LogP contribution >= 0.6 is 11.3 Å². The van der Waals surface area contributed by atoms with Crippen molar-refractivity contribution in [3.8, 4) is 22.5 Å². The van der Waals surface area contributed by atoms with Gasteiger partial charge in [-0.15, -0.1) is 23.8 Å². The second kappa shape index (κ2) is 14.6. The molecular formula is C39H42GeIrN2S-2. The molecule has 0 N–H and O–H groups in total. The molecule has 2 nitrogen and oxygen atoms in total. The molecule has 0 fully saturated rings. The molecule has 5 heteroatoms. The standard InChI is InChI=1S/C24H24NS.C15H18GeN.Ir/c1-5-16-10-11-25-22(12-16)19-9-7-8-18-21-14-20(15(3)4)17(6-2)13-23(21)26-24(18)19;1-12-10-15(13-8-6-5-7-9-13)17-11-14(12)16(2,3)4;/h7-8,10-15H,5-6H2,1-4H3;5-8,10-11H,1-4H3;/q2*-1;/i1D3,5D2,6D2;;. The molecule has 3 heterocycles. The van der Waals surface area contributed by atoms with Gasteiger partial charge in [0.25, 0.3) is 0 Å². The van der Waals surface area contributed by atoms with Gasteiger partial charge in [0.1, 0.15) is 0 Å². The summed E-state index contributed by atoms with van der Waals surface area (Å²) < 4.78 is 58.9. The smallest absolute Gasteiger partial charge is 0.0313 e. The van der Waals surface area contributed by atoms with E-state index in [4.69, 9.17) is 9.60 Å². The van der Waals surface area contributed by atoms with Gasteiger partial charge in [-0.05, 0) is 57.7 Å². The van der Waals surface area contributed by atoms with Gasteiger partial charge in [-0.3, -0.25) is 0 Å². The number of nitrogens with zero attached hydrogens (tertiary/aromatic N) is 2. The van der Waals surface area contributed by atoms with E-state index in [2.05, 4.69) is 84.5 Å². The Morgan fingerprint density at radius 1 is 0.932 bits per heavy atom. The fraction of sp³-hybridized carbons (Fsp3) is 0.282. The van der Waals surface area contributed by atoms with Gasteiger partial charge in [-0.25, -0.2) is 0 Å². The number of rotatable bonds is 6. The van der Waals surface area contributed by atoms with E-state index in [1.165, 1.54) is 39.6 Å². The van der Waals surface area contributed by atoms with E-state index in [0.717, 1.165) is 37.0 Å². The van der Waals surface area contributed by atoms with E-state index in [1.807, 2.05) is 30.3 Å². The van der Waals surface area contributed by atoms with Crippen LogP contribution in [0.3, 0.4) is 0 Å². The van der Waals surface area contributed by atoms with Crippen LogP contribution < -0.4 is 4.40 Å². The van der Waals surface area contributed by atoms with Crippen molar-refractivity contribution in [1.82, 2.24) is 9.97 Å². The van der Waals surface area contributed by atoms with Gasteiger partial charge in [-0.2, -0.15) is 11.3 Å². The van der Waals surface area contributed by atoms with Crippen molar-refractivity contribution in [3.63, 3.8) is 0 Å². The SMILES string of the molecule is Cc1cc(-c2[c-]cccc2)nc[c]1[Ge]([CH3])([CH3])[CH3].[2H]C([2H])(C)c1cc2sc3c(-c4cc(C([2H])([2H])C([2H])([2H])[2H])ccn4)[c-]ccc3c2cc1C(C)C.[Ir]. The number of aromatic nitrogens is 2. The van der Waals surface area contributed by atoms with Crippen LogP contribution in [0.25, 0.3) is 42.7 Å². The molecule has 1 radical (unpaired) electrons. The zero-order valence-corrected chi connectivity index (χ0v) is 31.5. The predicted octanol–water partition coefficient (Wildman–Crippen LogP) is 10.6. The molecule has 0 spiro atoms. The minimum Gasteiger partial charge on any atom is -0.305 e. The minimum atomic E-state index is -2.80. The minimum absolute atomic E-state index is 0. The Labute approximate surface area is 293 Å². The monoisotopic (exact) mass is 844 g/mol. The number of hydrogen-bond acceptors (Lipinski definition) is 3. The van der Waals surface area contributed by atoms with Crippen molar-refractivity contribution in [3.05, 3.63) is 114 Å². The molecule has 3 aromatic heterocycles. The van der Waals surface area contributed by atoms with Gasteiger partial charge in [-0.1, -0.05) is 50.7 Å². The molecule has 6 aromatic rings. The van der Waals surface area contributed by atoms with Crippen molar-refractivity contribution in [2.45, 2.75) is 70.5 Å². The van der Waals surface area contributed by atoms with Crippen LogP contribution in [0.4, 0.5) is 0 Å². The summed E-state index contributed by atoms with van der Waals surface area (Å²) in [5.41, 5.74) is 6.28. The van der Waals surface area contributed by atoms with Crippen LogP contribution in [0.5, 0.6) is 0 Å². The Balaban J connectivity index is 0.000000273. The first-order valence-corrected chi connectivity index (χ1v) is 22.7. The number of aryl methyl sites for hydroxylation is 3. The molecule has 3 aromatic carbocycles. The maximum Gasteiger partial charge on any atom is 0.0313 e. The zero-order chi connectivity index (χ0) is 36.8. The maximum atomic E-state index is 8.30. The third kappa shape index (κ3) is 7.42. The maximum absolute atomic E-state index is 8.30. The quantitative estimate of drug-likeness (QED) is 0.123. The van der Waals surface area contributed by atoms with Crippen molar-refractivity contribution in [2.75, 3.05) is 0 Å². The third-order valence-corrected chi connectivity index (χ3v) is 13.2. The van der Waals surface area contributed by atoms with Gasteiger partial charge in [0.2, 0.25) is 0 Å². The van der Waals surface area contributed by atoms with Gasteiger partial charge in [0.05, 0.1) is 0 Å². The molecule has 0 aliphatic rings. The van der Waals surface area contributed by atoms with Crippen molar-refractivity contribution in [1.29, 1.82) is 0 Å². The fourth-order valence-electron chi connectivity index (χ4n) is 5.37. The van der Waals surface area contributed by atoms with Crippen LogP contribution in [0.15, 0.2) is 79.1 Å². The predicted molar refractivity (Wildman–Crippen MR) is 190 cm³/mol. The Morgan fingerprint density at radius 2 is 1.75 bits per heavy atom. The van der Waals surface area contributed by atoms with E-state index < -0.39 is 32.9 Å². The number of hydrogen-bond donors (Lipinski definition) is 0. The summed E-state index contributed by atoms with van der Waals surface area (Å²) in [4.78, 5) is 8.99. The largest absolute Gasteiger partial charge is 0.305 e. The molecule has 0 unspecified atom stereocenters. The van der Waals surface area contributed by atoms with Crippen molar-refractivity contribution >= 4 is 49.2 Å². The van der Waals surface area contributed by atoms with E-state index in [0.29, 0.717) is 16.8 Å². The normalized spacial score (nSPS) is 14.7. The molecular weight excluding hydrogens is 793 g/mol. The molecule has 0 aliphatic heterocycles. The Hall–Kier alpha value is -2.63. The molecule has 0 aliphatic carbocycles. The van der Waals surface area contributed by atoms with Gasteiger partial charge < -0.3 is 4.98 Å². The average molecular weight is 843 g/mol. The van der Waals surface area contributed by atoms with Gasteiger partial charge >= 0.3 is 106 Å². The van der Waals surface area contributed by atoms with Crippen molar-refractivity contribution < 1.29 is 29.7 Å². The van der Waals surface area contributed by atoms with E-state index >= 15 is 0 Å². The zero-order valence-electron chi connectivity index (χ0n) is 33.2. The molecule has 0 atom stereocenters. The number of thiophene rings is 1. The number of benzene rings is 3. The summed E-state index contributed by atoms with van der Waals surface area (Å²) in [6.45, 7) is 5.07. The Kier molecular flexibility index (Phi) is 8.50. The van der Waals surface area contributed by atoms with E-state index in [9.17, 15) is 0 Å². The molecule has 6 rings (SSSR count). The third-order valence-electron chi connectivity index (χ3n) is 7.56. The number of fused-ring (bicyclic) bond motifs is 3. The van der Waals surface area contributed by atoms with E-state index in [1.54, 1.807) is 13.0 Å². The first-order valence-electron chi connectivity index (χ1n) is 18.0. The summed E-state index contributed by atoms with van der Waals surface area (Å²) >= 11 is -0.263. The molecule has 0 amide bonds. The van der Waals surface area contributed by atoms with Gasteiger partial charge in [0.15, 0.2) is 0 Å².